The fourth-order valence-electron chi connectivity index (χ4n) is 3.98. The molecule has 178 valence electrons. The number of thiazole rings is 1. The molecular formula is C30H24N2O3S. The lowest BCUT2D eigenvalue weighted by Gasteiger charge is -2.10. The SMILES string of the molecule is COc1ccc(/C=C(/C(=O)Nc2nc(-c3ccc4ccccc4c3)cs2)c2ccccc2)cc1OC. The average molecular weight is 493 g/mol. The molecule has 1 N–H and O–H groups in total. The van der Waals surface area contributed by atoms with E-state index in [1.165, 1.54) is 16.7 Å². The number of fused-ring (bicyclic) bond motifs is 1. The lowest BCUT2D eigenvalue weighted by atomic mass is 10.0. The minimum atomic E-state index is -0.240. The van der Waals surface area contributed by atoms with Crippen molar-refractivity contribution in [3.8, 4) is 22.8 Å². The van der Waals surface area contributed by atoms with Crippen LogP contribution in [0.15, 0.2) is 96.4 Å². The number of hydrogen-bond acceptors (Lipinski definition) is 5. The van der Waals surface area contributed by atoms with Gasteiger partial charge in [0.15, 0.2) is 16.6 Å². The average Bonchev–Trinajstić information content (AvgIpc) is 3.40. The minimum absolute atomic E-state index is 0.240. The maximum Gasteiger partial charge on any atom is 0.258 e. The lowest BCUT2D eigenvalue weighted by Crippen LogP contribution is -2.13. The van der Waals surface area contributed by atoms with Crippen LogP contribution in [0.3, 0.4) is 0 Å². The highest BCUT2D eigenvalue weighted by Crippen LogP contribution is 2.31. The van der Waals surface area contributed by atoms with Crippen LogP contribution >= 0.6 is 11.3 Å². The summed E-state index contributed by atoms with van der Waals surface area (Å²) in [4.78, 5) is 18.1. The van der Waals surface area contributed by atoms with Crippen molar-refractivity contribution in [3.63, 3.8) is 0 Å². The number of amides is 1. The van der Waals surface area contributed by atoms with E-state index in [0.717, 1.165) is 27.8 Å². The molecule has 5 rings (SSSR count). The van der Waals surface area contributed by atoms with Gasteiger partial charge in [0.2, 0.25) is 0 Å². The maximum atomic E-state index is 13.4. The number of benzene rings is 4. The van der Waals surface area contributed by atoms with Crippen molar-refractivity contribution in [2.75, 3.05) is 19.5 Å². The Morgan fingerprint density at radius 2 is 1.58 bits per heavy atom. The van der Waals surface area contributed by atoms with Gasteiger partial charge in [-0.3, -0.25) is 10.1 Å². The number of carbonyl (C=O) groups is 1. The minimum Gasteiger partial charge on any atom is -0.493 e. The molecule has 6 heteroatoms. The molecule has 0 atom stereocenters. The normalized spacial score (nSPS) is 11.3. The Morgan fingerprint density at radius 1 is 0.833 bits per heavy atom. The van der Waals surface area contributed by atoms with Crippen molar-refractivity contribution in [1.82, 2.24) is 4.98 Å². The number of rotatable bonds is 7. The molecule has 0 saturated carbocycles. The highest BCUT2D eigenvalue weighted by Gasteiger charge is 2.16. The van der Waals surface area contributed by atoms with Crippen molar-refractivity contribution >= 4 is 44.8 Å². The third kappa shape index (κ3) is 4.99. The predicted octanol–water partition coefficient (Wildman–Crippen LogP) is 7.16. The molecule has 1 amide bonds. The summed E-state index contributed by atoms with van der Waals surface area (Å²) in [6.07, 6.45) is 1.84. The van der Waals surface area contributed by atoms with Crippen molar-refractivity contribution < 1.29 is 14.3 Å². The molecule has 0 radical (unpaired) electrons. The summed E-state index contributed by atoms with van der Waals surface area (Å²) in [6.45, 7) is 0. The fraction of sp³-hybridized carbons (Fsp3) is 0.0667. The molecule has 0 aliphatic rings. The Labute approximate surface area is 213 Å². The summed E-state index contributed by atoms with van der Waals surface area (Å²) in [7, 11) is 3.18. The first-order chi connectivity index (χ1) is 17.6. The van der Waals surface area contributed by atoms with Gasteiger partial charge in [0, 0.05) is 16.5 Å². The smallest absolute Gasteiger partial charge is 0.258 e. The molecule has 5 nitrogen and oxygen atoms in total. The van der Waals surface area contributed by atoms with E-state index < -0.39 is 0 Å². The van der Waals surface area contributed by atoms with Gasteiger partial charge in [-0.2, -0.15) is 0 Å². The molecule has 0 fully saturated rings. The van der Waals surface area contributed by atoms with Gasteiger partial charge >= 0.3 is 0 Å². The molecule has 0 unspecified atom stereocenters. The number of anilines is 1. The van der Waals surface area contributed by atoms with E-state index >= 15 is 0 Å². The molecule has 0 aliphatic heterocycles. The van der Waals surface area contributed by atoms with Gasteiger partial charge in [0.1, 0.15) is 0 Å². The molecule has 0 saturated heterocycles. The number of ether oxygens (including phenoxy) is 2. The van der Waals surface area contributed by atoms with E-state index in [9.17, 15) is 4.79 Å². The van der Waals surface area contributed by atoms with Gasteiger partial charge < -0.3 is 9.47 Å². The van der Waals surface area contributed by atoms with Gasteiger partial charge in [-0.25, -0.2) is 4.98 Å². The van der Waals surface area contributed by atoms with E-state index in [1.54, 1.807) is 14.2 Å². The van der Waals surface area contributed by atoms with Gasteiger partial charge in [-0.1, -0.05) is 72.8 Å². The van der Waals surface area contributed by atoms with E-state index in [1.807, 2.05) is 72.1 Å². The third-order valence-corrected chi connectivity index (χ3v) is 6.58. The highest BCUT2D eigenvalue weighted by atomic mass is 32.1. The number of methoxy groups -OCH3 is 2. The molecule has 4 aromatic carbocycles. The fourth-order valence-corrected chi connectivity index (χ4v) is 4.70. The van der Waals surface area contributed by atoms with Gasteiger partial charge in [-0.05, 0) is 46.2 Å². The number of nitrogens with zero attached hydrogens (tertiary/aromatic N) is 1. The molecule has 36 heavy (non-hydrogen) atoms. The second-order valence-electron chi connectivity index (χ2n) is 8.09. The topological polar surface area (TPSA) is 60.5 Å². The summed E-state index contributed by atoms with van der Waals surface area (Å²) in [6, 6.07) is 29.6. The van der Waals surface area contributed by atoms with Crippen molar-refractivity contribution in [3.05, 3.63) is 108 Å². The van der Waals surface area contributed by atoms with Crippen molar-refractivity contribution in [2.24, 2.45) is 0 Å². The zero-order valence-electron chi connectivity index (χ0n) is 19.9. The van der Waals surface area contributed by atoms with Crippen LogP contribution in [-0.4, -0.2) is 25.1 Å². The van der Waals surface area contributed by atoms with Crippen LogP contribution in [0.2, 0.25) is 0 Å². The van der Waals surface area contributed by atoms with Crippen LogP contribution in [0, 0.1) is 0 Å². The van der Waals surface area contributed by atoms with E-state index in [4.69, 9.17) is 9.47 Å². The summed E-state index contributed by atoms with van der Waals surface area (Å²) in [5.41, 5.74) is 3.97. The number of nitrogens with one attached hydrogen (secondary N) is 1. The van der Waals surface area contributed by atoms with E-state index in [2.05, 4.69) is 40.6 Å². The van der Waals surface area contributed by atoms with Gasteiger partial charge in [0.05, 0.1) is 19.9 Å². The molecule has 5 aromatic rings. The van der Waals surface area contributed by atoms with Gasteiger partial charge in [0.25, 0.3) is 5.91 Å². The Bertz CT molecular complexity index is 1560. The summed E-state index contributed by atoms with van der Waals surface area (Å²) < 4.78 is 10.8. The van der Waals surface area contributed by atoms with Gasteiger partial charge in [-0.15, -0.1) is 11.3 Å². The zero-order chi connectivity index (χ0) is 24.9. The Kier molecular flexibility index (Phi) is 6.78. The van der Waals surface area contributed by atoms with E-state index in [0.29, 0.717) is 22.2 Å². The molecule has 1 aromatic heterocycles. The first-order valence-electron chi connectivity index (χ1n) is 11.4. The quantitative estimate of drug-likeness (QED) is 0.193. The largest absolute Gasteiger partial charge is 0.493 e. The number of hydrogen-bond donors (Lipinski definition) is 1. The lowest BCUT2D eigenvalue weighted by molar-refractivity contribution is -0.111. The predicted molar refractivity (Wildman–Crippen MR) is 148 cm³/mol. The van der Waals surface area contributed by atoms with Crippen LogP contribution in [0.25, 0.3) is 33.7 Å². The van der Waals surface area contributed by atoms with Crippen LogP contribution in [-0.2, 0) is 4.79 Å². The highest BCUT2D eigenvalue weighted by molar-refractivity contribution is 7.14. The Balaban J connectivity index is 1.44. The van der Waals surface area contributed by atoms with E-state index in [-0.39, 0.29) is 5.91 Å². The number of carbonyl (C=O) groups excluding carboxylic acids is 1. The van der Waals surface area contributed by atoms with Crippen molar-refractivity contribution in [1.29, 1.82) is 0 Å². The first kappa shape index (κ1) is 23.3. The van der Waals surface area contributed by atoms with Crippen LogP contribution in [0.4, 0.5) is 5.13 Å². The standard InChI is InChI=1S/C30H24N2O3S/c1-34-27-15-12-20(17-28(27)35-2)16-25(22-9-4-3-5-10-22)29(33)32-30-31-26(19-36-30)24-14-13-21-8-6-7-11-23(21)18-24/h3-19H,1-2H3,(H,31,32,33)/b25-16+. The number of aromatic nitrogens is 1. The Hall–Kier alpha value is -4.42. The third-order valence-electron chi connectivity index (χ3n) is 5.82. The van der Waals surface area contributed by atoms with Crippen molar-refractivity contribution in [2.45, 2.75) is 0 Å². The second-order valence-corrected chi connectivity index (χ2v) is 8.95. The molecule has 0 spiro atoms. The summed E-state index contributed by atoms with van der Waals surface area (Å²) >= 11 is 1.40. The summed E-state index contributed by atoms with van der Waals surface area (Å²) in [5, 5.41) is 7.81. The molecule has 0 aliphatic carbocycles. The second kappa shape index (κ2) is 10.5. The first-order valence-corrected chi connectivity index (χ1v) is 12.3. The maximum absolute atomic E-state index is 13.4. The monoisotopic (exact) mass is 492 g/mol. The van der Waals surface area contributed by atoms with Crippen LogP contribution in [0.5, 0.6) is 11.5 Å². The molecular weight excluding hydrogens is 468 g/mol. The molecule has 1 heterocycles. The van der Waals surface area contributed by atoms with Crippen LogP contribution in [0.1, 0.15) is 11.1 Å². The Morgan fingerprint density at radius 3 is 2.36 bits per heavy atom. The molecule has 0 bridgehead atoms. The summed E-state index contributed by atoms with van der Waals surface area (Å²) in [5.74, 6) is 0.985. The van der Waals surface area contributed by atoms with Crippen LogP contribution < -0.4 is 14.8 Å². The zero-order valence-corrected chi connectivity index (χ0v) is 20.7.